The van der Waals surface area contributed by atoms with Gasteiger partial charge in [0.15, 0.2) is 0 Å². The van der Waals surface area contributed by atoms with Crippen molar-refractivity contribution < 1.29 is 14.3 Å². The van der Waals surface area contributed by atoms with Gasteiger partial charge in [-0.2, -0.15) is 0 Å². The quantitative estimate of drug-likeness (QED) is 0.831. The van der Waals surface area contributed by atoms with E-state index in [1.165, 1.54) is 7.11 Å². The van der Waals surface area contributed by atoms with Crippen LogP contribution in [0.15, 0.2) is 30.3 Å². The summed E-state index contributed by atoms with van der Waals surface area (Å²) >= 11 is 0. The number of piperidine rings is 1. The van der Waals surface area contributed by atoms with E-state index in [-0.39, 0.29) is 17.9 Å². The Balaban J connectivity index is 1.93. The van der Waals surface area contributed by atoms with Crippen LogP contribution in [0.4, 0.5) is 10.5 Å². The molecule has 0 radical (unpaired) electrons. The molecule has 0 saturated carbocycles. The van der Waals surface area contributed by atoms with Crippen molar-refractivity contribution in [3.8, 4) is 0 Å². The van der Waals surface area contributed by atoms with Crippen LogP contribution in [-0.2, 0) is 9.53 Å². The van der Waals surface area contributed by atoms with Crippen molar-refractivity contribution in [2.45, 2.75) is 12.8 Å². The van der Waals surface area contributed by atoms with E-state index >= 15 is 0 Å². The molecule has 5 heteroatoms. The van der Waals surface area contributed by atoms with Crippen LogP contribution in [0.3, 0.4) is 0 Å². The fourth-order valence-corrected chi connectivity index (χ4v) is 2.49. The van der Waals surface area contributed by atoms with E-state index in [0.29, 0.717) is 25.9 Å². The van der Waals surface area contributed by atoms with E-state index in [1.807, 2.05) is 30.3 Å². The predicted molar refractivity (Wildman–Crippen MR) is 76.6 cm³/mol. The van der Waals surface area contributed by atoms with Crippen molar-refractivity contribution >= 4 is 17.7 Å². The van der Waals surface area contributed by atoms with Crippen molar-refractivity contribution in [3.63, 3.8) is 0 Å². The van der Waals surface area contributed by atoms with Crippen LogP contribution in [0.2, 0.25) is 0 Å². The van der Waals surface area contributed by atoms with Crippen molar-refractivity contribution in [1.29, 1.82) is 0 Å². The lowest BCUT2D eigenvalue weighted by atomic mass is 9.95. The van der Waals surface area contributed by atoms with Gasteiger partial charge in [0.2, 0.25) is 5.91 Å². The molecule has 0 unspecified atom stereocenters. The van der Waals surface area contributed by atoms with E-state index in [0.717, 1.165) is 5.69 Å². The number of carbonyl (C=O) groups excluding carboxylic acids is 2. The SMILES string of the molecule is COC(=O)N1CCC(C(=O)N(C)c2ccccc2)CC1. The van der Waals surface area contributed by atoms with Gasteiger partial charge in [0, 0.05) is 31.7 Å². The van der Waals surface area contributed by atoms with E-state index in [9.17, 15) is 9.59 Å². The maximum absolute atomic E-state index is 12.4. The van der Waals surface area contributed by atoms with E-state index < -0.39 is 0 Å². The van der Waals surface area contributed by atoms with Gasteiger partial charge in [0.25, 0.3) is 0 Å². The summed E-state index contributed by atoms with van der Waals surface area (Å²) in [5.74, 6) is 0.0850. The largest absolute Gasteiger partial charge is 0.453 e. The highest BCUT2D eigenvalue weighted by Crippen LogP contribution is 2.22. The van der Waals surface area contributed by atoms with E-state index in [1.54, 1.807) is 16.8 Å². The molecular weight excluding hydrogens is 256 g/mol. The molecule has 2 amide bonds. The standard InChI is InChI=1S/C15H20N2O3/c1-16(13-6-4-3-5-7-13)14(18)12-8-10-17(11-9-12)15(19)20-2/h3-7,12H,8-11H2,1-2H3. The summed E-state index contributed by atoms with van der Waals surface area (Å²) in [7, 11) is 3.17. The van der Waals surface area contributed by atoms with Gasteiger partial charge in [0.05, 0.1) is 7.11 Å². The first-order chi connectivity index (χ1) is 9.63. The third kappa shape index (κ3) is 3.10. The summed E-state index contributed by atoms with van der Waals surface area (Å²) in [5.41, 5.74) is 0.896. The average Bonchev–Trinajstić information content (AvgIpc) is 2.53. The lowest BCUT2D eigenvalue weighted by Crippen LogP contribution is -2.43. The number of nitrogens with zero attached hydrogens (tertiary/aromatic N) is 2. The second-order valence-electron chi connectivity index (χ2n) is 4.96. The number of rotatable bonds is 2. The van der Waals surface area contributed by atoms with Crippen molar-refractivity contribution in [2.75, 3.05) is 32.1 Å². The molecule has 5 nitrogen and oxygen atoms in total. The van der Waals surface area contributed by atoms with Crippen LogP contribution >= 0.6 is 0 Å². The fraction of sp³-hybridized carbons (Fsp3) is 0.467. The van der Waals surface area contributed by atoms with Crippen LogP contribution < -0.4 is 4.90 Å². The number of hydrogen-bond acceptors (Lipinski definition) is 3. The molecule has 1 aromatic carbocycles. The van der Waals surface area contributed by atoms with E-state index in [2.05, 4.69) is 0 Å². The van der Waals surface area contributed by atoms with Gasteiger partial charge in [-0.05, 0) is 25.0 Å². The molecule has 20 heavy (non-hydrogen) atoms. The van der Waals surface area contributed by atoms with Crippen LogP contribution in [-0.4, -0.2) is 44.1 Å². The van der Waals surface area contributed by atoms with Gasteiger partial charge >= 0.3 is 6.09 Å². The monoisotopic (exact) mass is 276 g/mol. The Bertz CT molecular complexity index is 467. The summed E-state index contributed by atoms with van der Waals surface area (Å²) in [4.78, 5) is 27.2. The number of para-hydroxylation sites is 1. The van der Waals surface area contributed by atoms with Gasteiger partial charge in [-0.3, -0.25) is 4.79 Å². The zero-order chi connectivity index (χ0) is 14.5. The lowest BCUT2D eigenvalue weighted by molar-refractivity contribution is -0.123. The number of likely N-dealkylation sites (tertiary alicyclic amines) is 1. The molecule has 0 aliphatic carbocycles. The third-order valence-electron chi connectivity index (χ3n) is 3.75. The Morgan fingerprint density at radius 3 is 2.35 bits per heavy atom. The van der Waals surface area contributed by atoms with Crippen LogP contribution in [0.5, 0.6) is 0 Å². The Labute approximate surface area is 119 Å². The number of carbonyl (C=O) groups is 2. The van der Waals surface area contributed by atoms with E-state index in [4.69, 9.17) is 4.74 Å². The summed E-state index contributed by atoms with van der Waals surface area (Å²) in [5, 5.41) is 0. The molecule has 0 aromatic heterocycles. The summed E-state index contributed by atoms with van der Waals surface area (Å²) < 4.78 is 4.69. The zero-order valence-corrected chi connectivity index (χ0v) is 11.9. The third-order valence-corrected chi connectivity index (χ3v) is 3.75. The second-order valence-corrected chi connectivity index (χ2v) is 4.96. The van der Waals surface area contributed by atoms with Gasteiger partial charge in [-0.1, -0.05) is 18.2 Å². The molecule has 0 spiro atoms. The number of methoxy groups -OCH3 is 1. The number of amides is 2. The Morgan fingerprint density at radius 1 is 1.20 bits per heavy atom. The number of anilines is 1. The van der Waals surface area contributed by atoms with Crippen molar-refractivity contribution in [2.24, 2.45) is 5.92 Å². The van der Waals surface area contributed by atoms with Gasteiger partial charge in [-0.15, -0.1) is 0 Å². The highest BCUT2D eigenvalue weighted by Gasteiger charge is 2.29. The highest BCUT2D eigenvalue weighted by molar-refractivity contribution is 5.94. The number of hydrogen-bond donors (Lipinski definition) is 0. The van der Waals surface area contributed by atoms with Crippen molar-refractivity contribution in [3.05, 3.63) is 30.3 Å². The summed E-state index contributed by atoms with van der Waals surface area (Å²) in [6.07, 6.45) is 1.06. The van der Waals surface area contributed by atoms with Gasteiger partial charge < -0.3 is 14.5 Å². The minimum atomic E-state index is -0.313. The fourth-order valence-electron chi connectivity index (χ4n) is 2.49. The first-order valence-electron chi connectivity index (χ1n) is 6.79. The second kappa shape index (κ2) is 6.41. The predicted octanol–water partition coefficient (Wildman–Crippen LogP) is 2.13. The zero-order valence-electron chi connectivity index (χ0n) is 11.9. The minimum absolute atomic E-state index is 0.0267. The molecule has 0 atom stereocenters. The molecule has 0 N–H and O–H groups in total. The Morgan fingerprint density at radius 2 is 1.80 bits per heavy atom. The maximum atomic E-state index is 12.4. The molecule has 1 heterocycles. The topological polar surface area (TPSA) is 49.9 Å². The lowest BCUT2D eigenvalue weighted by Gasteiger charge is -2.32. The average molecular weight is 276 g/mol. The molecular formula is C15H20N2O3. The smallest absolute Gasteiger partial charge is 0.409 e. The number of ether oxygens (including phenoxy) is 1. The highest BCUT2D eigenvalue weighted by atomic mass is 16.5. The van der Waals surface area contributed by atoms with Gasteiger partial charge in [0.1, 0.15) is 0 Å². The summed E-state index contributed by atoms with van der Waals surface area (Å²) in [6, 6.07) is 9.59. The summed E-state index contributed by atoms with van der Waals surface area (Å²) in [6.45, 7) is 1.15. The minimum Gasteiger partial charge on any atom is -0.453 e. The Hall–Kier alpha value is -2.04. The molecule has 1 aliphatic heterocycles. The number of benzene rings is 1. The van der Waals surface area contributed by atoms with Crippen molar-refractivity contribution in [1.82, 2.24) is 4.90 Å². The Kier molecular flexibility index (Phi) is 4.61. The van der Waals surface area contributed by atoms with Crippen LogP contribution in [0.1, 0.15) is 12.8 Å². The maximum Gasteiger partial charge on any atom is 0.409 e. The molecule has 2 rings (SSSR count). The molecule has 1 saturated heterocycles. The molecule has 1 fully saturated rings. The normalized spacial score (nSPS) is 15.8. The molecule has 1 aromatic rings. The molecule has 108 valence electrons. The van der Waals surface area contributed by atoms with Crippen LogP contribution in [0, 0.1) is 5.92 Å². The van der Waals surface area contributed by atoms with Crippen LogP contribution in [0.25, 0.3) is 0 Å². The molecule has 1 aliphatic rings. The molecule has 0 bridgehead atoms. The first-order valence-corrected chi connectivity index (χ1v) is 6.79. The van der Waals surface area contributed by atoms with Gasteiger partial charge in [-0.25, -0.2) is 4.79 Å². The first kappa shape index (κ1) is 14.4.